The fourth-order valence-corrected chi connectivity index (χ4v) is 8.44. The molecule has 0 saturated heterocycles. The molecule has 3 atom stereocenters. The molecule has 3 N–H and O–H groups in total. The highest BCUT2D eigenvalue weighted by atomic mass is 31.2. The van der Waals surface area contributed by atoms with E-state index in [1.165, 1.54) is 103 Å². The molecule has 398 valence electrons. The number of nitrogens with zero attached hydrogens (tertiary/aromatic N) is 1. The van der Waals surface area contributed by atoms with Gasteiger partial charge in [0.25, 0.3) is 0 Å². The molecule has 0 rings (SSSR count). The zero-order valence-corrected chi connectivity index (χ0v) is 46.2. The maximum atomic E-state index is 13.0. The van der Waals surface area contributed by atoms with E-state index in [-0.39, 0.29) is 19.1 Å². The molecule has 0 aromatic heterocycles. The third kappa shape index (κ3) is 53.1. The van der Waals surface area contributed by atoms with Crippen LogP contribution in [-0.4, -0.2) is 73.4 Å². The van der Waals surface area contributed by atoms with Gasteiger partial charge in [-0.3, -0.25) is 13.8 Å². The monoisotopic (exact) mass is 984 g/mol. The second-order valence-corrected chi connectivity index (χ2v) is 21.4. The number of aliphatic hydroxyl groups excluding tert-OH is 1. The van der Waals surface area contributed by atoms with Gasteiger partial charge in [0.15, 0.2) is 0 Å². The fourth-order valence-electron chi connectivity index (χ4n) is 7.71. The van der Waals surface area contributed by atoms with Crippen LogP contribution in [0.25, 0.3) is 0 Å². The minimum atomic E-state index is -4.33. The molecule has 0 aliphatic heterocycles. The molecule has 0 radical (unpaired) electrons. The lowest BCUT2D eigenvalue weighted by Crippen LogP contribution is -2.46. The van der Waals surface area contributed by atoms with Gasteiger partial charge in [0.2, 0.25) is 5.91 Å². The Morgan fingerprint density at radius 1 is 0.507 bits per heavy atom. The topological polar surface area (TPSA) is 105 Å². The van der Waals surface area contributed by atoms with Crippen LogP contribution in [0.4, 0.5) is 0 Å². The zero-order chi connectivity index (χ0) is 50.6. The van der Waals surface area contributed by atoms with Crippen molar-refractivity contribution in [3.63, 3.8) is 0 Å². The second kappa shape index (κ2) is 50.4. The summed E-state index contributed by atoms with van der Waals surface area (Å²) in [6, 6.07) is -0.771. The van der Waals surface area contributed by atoms with Crippen molar-refractivity contribution in [1.82, 2.24) is 5.32 Å². The number of phosphoric acid groups is 1. The Morgan fingerprint density at radius 2 is 0.870 bits per heavy atom. The minimum absolute atomic E-state index is 0.0684. The van der Waals surface area contributed by atoms with Crippen molar-refractivity contribution in [2.75, 3.05) is 40.9 Å². The van der Waals surface area contributed by atoms with Crippen molar-refractivity contribution in [3.8, 4) is 0 Å². The number of quaternary nitrogens is 1. The third-order valence-corrected chi connectivity index (χ3v) is 13.1. The summed E-state index contributed by atoms with van der Waals surface area (Å²) >= 11 is 0. The first-order valence-electron chi connectivity index (χ1n) is 28.1. The summed E-state index contributed by atoms with van der Waals surface area (Å²) in [5.41, 5.74) is 0. The van der Waals surface area contributed by atoms with Gasteiger partial charge in [-0.15, -0.1) is 0 Å². The predicted molar refractivity (Wildman–Crippen MR) is 299 cm³/mol. The lowest BCUT2D eigenvalue weighted by molar-refractivity contribution is -0.870. The quantitative estimate of drug-likeness (QED) is 0.0243. The lowest BCUT2D eigenvalue weighted by atomic mass is 10.0. The number of rotatable bonds is 50. The van der Waals surface area contributed by atoms with Gasteiger partial charge in [-0.1, -0.05) is 239 Å². The van der Waals surface area contributed by atoms with Crippen molar-refractivity contribution in [1.29, 1.82) is 0 Å². The van der Waals surface area contributed by atoms with Gasteiger partial charge >= 0.3 is 7.82 Å². The van der Waals surface area contributed by atoms with Crippen molar-refractivity contribution >= 4 is 13.7 Å². The molecular formula is C60H108N2O6P+. The molecule has 9 heteroatoms. The first-order chi connectivity index (χ1) is 33.5. The second-order valence-electron chi connectivity index (χ2n) is 19.9. The van der Waals surface area contributed by atoms with E-state index in [1.807, 2.05) is 21.1 Å². The molecule has 0 heterocycles. The van der Waals surface area contributed by atoms with Crippen LogP contribution in [0.2, 0.25) is 0 Å². The molecule has 69 heavy (non-hydrogen) atoms. The molecule has 0 aliphatic rings. The average molecular weight is 985 g/mol. The number of amides is 1. The van der Waals surface area contributed by atoms with Gasteiger partial charge < -0.3 is 19.8 Å². The van der Waals surface area contributed by atoms with E-state index in [0.29, 0.717) is 23.9 Å². The summed E-state index contributed by atoms with van der Waals surface area (Å²) in [4.78, 5) is 23.3. The number of nitrogens with one attached hydrogen (secondary N) is 1. The maximum absolute atomic E-state index is 13.0. The van der Waals surface area contributed by atoms with Crippen LogP contribution >= 0.6 is 7.82 Å². The smallest absolute Gasteiger partial charge is 0.391 e. The van der Waals surface area contributed by atoms with E-state index in [0.717, 1.165) is 96.3 Å². The number of aliphatic hydroxyl groups is 1. The van der Waals surface area contributed by atoms with E-state index in [1.54, 1.807) is 0 Å². The van der Waals surface area contributed by atoms with E-state index in [4.69, 9.17) is 9.05 Å². The molecule has 0 saturated carbocycles. The molecule has 8 nitrogen and oxygen atoms in total. The summed E-state index contributed by atoms with van der Waals surface area (Å²) in [6.45, 7) is 4.76. The van der Waals surface area contributed by atoms with Gasteiger partial charge in [-0.2, -0.15) is 0 Å². The highest BCUT2D eigenvalue weighted by molar-refractivity contribution is 7.47. The average Bonchev–Trinajstić information content (AvgIpc) is 3.31. The number of hydrogen-bond donors (Lipinski definition) is 3. The highest BCUT2D eigenvalue weighted by Crippen LogP contribution is 2.43. The van der Waals surface area contributed by atoms with Gasteiger partial charge in [0, 0.05) is 6.42 Å². The first-order valence-corrected chi connectivity index (χ1v) is 29.6. The summed E-state index contributed by atoms with van der Waals surface area (Å²) in [5.74, 6) is -0.157. The SMILES string of the molecule is CC/C=C\C/C=C\C/C=C\C/C=C\C/C=C\C/C=C\C/C=C\C/C=C\CCCCCCCCCCC(=O)NC(COP(=O)(O)OCC[N+](C)(C)C)C(O)CCCCCCCCCCCCCCCC. The number of allylic oxidation sites excluding steroid dienone is 16. The maximum Gasteiger partial charge on any atom is 0.472 e. The Kier molecular flexibility index (Phi) is 48.5. The van der Waals surface area contributed by atoms with Crippen LogP contribution in [0.5, 0.6) is 0 Å². The van der Waals surface area contributed by atoms with E-state index in [9.17, 15) is 19.4 Å². The molecule has 3 unspecified atom stereocenters. The third-order valence-electron chi connectivity index (χ3n) is 12.1. The number of phosphoric ester groups is 1. The largest absolute Gasteiger partial charge is 0.472 e. The Bertz CT molecular complexity index is 1440. The normalized spacial score (nSPS) is 14.7. The molecule has 0 spiro atoms. The number of likely N-dealkylation sites (N-methyl/N-ethyl adjacent to an activating group) is 1. The van der Waals surface area contributed by atoms with Crippen molar-refractivity contribution in [2.45, 2.75) is 238 Å². The molecule has 0 aromatic rings. The van der Waals surface area contributed by atoms with Crippen LogP contribution in [-0.2, 0) is 18.4 Å². The standard InChI is InChI=1S/C60H107N2O6P/c1-6-8-10-12-14-16-18-20-22-23-24-25-26-27-28-29-30-31-32-33-34-35-36-37-38-39-40-42-44-46-48-50-52-54-60(64)61-58(57-68-69(65,66)67-56-55-62(3,4)5)59(63)53-51-49-47-45-43-41-21-19-17-15-13-11-9-7-2/h8,10,14,16,20,22,24-25,27-28,30-31,33-34,36-37,58-59,63H,6-7,9,11-13,15,17-19,21,23,26,29,32,35,38-57H2,1-5H3,(H-,61,64,65,66)/p+1/b10-8-,16-14-,22-20-,25-24-,28-27-,31-30-,34-33-,37-36-. The van der Waals surface area contributed by atoms with Crippen molar-refractivity contribution in [2.24, 2.45) is 0 Å². The van der Waals surface area contributed by atoms with Gasteiger partial charge in [0.05, 0.1) is 39.9 Å². The van der Waals surface area contributed by atoms with E-state index < -0.39 is 20.0 Å². The number of unbranched alkanes of at least 4 members (excludes halogenated alkanes) is 21. The van der Waals surface area contributed by atoms with E-state index >= 15 is 0 Å². The summed E-state index contributed by atoms with van der Waals surface area (Å²) in [5, 5.41) is 14.0. The predicted octanol–water partition coefficient (Wildman–Crippen LogP) is 17.0. The summed E-state index contributed by atoms with van der Waals surface area (Å²) in [6.07, 6.45) is 71.7. The lowest BCUT2D eigenvalue weighted by Gasteiger charge is -2.26. The Hall–Kier alpha value is -2.58. The fraction of sp³-hybridized carbons (Fsp3) is 0.717. The van der Waals surface area contributed by atoms with E-state index in [2.05, 4.69) is 116 Å². The molecule has 0 fully saturated rings. The van der Waals surface area contributed by atoms with Crippen LogP contribution in [0, 0.1) is 0 Å². The Balaban J connectivity index is 4.17. The van der Waals surface area contributed by atoms with Crippen LogP contribution in [0.3, 0.4) is 0 Å². The molecule has 1 amide bonds. The van der Waals surface area contributed by atoms with Crippen LogP contribution in [0.1, 0.15) is 226 Å². The van der Waals surface area contributed by atoms with Crippen molar-refractivity contribution in [3.05, 3.63) is 97.2 Å². The molecule has 0 aromatic carbocycles. The molecule has 0 aliphatic carbocycles. The number of hydrogen-bond acceptors (Lipinski definition) is 5. The minimum Gasteiger partial charge on any atom is -0.391 e. The number of carbonyl (C=O) groups excluding carboxylic acids is 1. The Labute approximate surface area is 426 Å². The zero-order valence-electron chi connectivity index (χ0n) is 45.3. The first kappa shape index (κ1) is 66.4. The molecular weight excluding hydrogens is 876 g/mol. The van der Waals surface area contributed by atoms with Crippen LogP contribution in [0.15, 0.2) is 97.2 Å². The van der Waals surface area contributed by atoms with Crippen LogP contribution < -0.4 is 5.32 Å². The highest BCUT2D eigenvalue weighted by Gasteiger charge is 2.28. The van der Waals surface area contributed by atoms with Gasteiger partial charge in [-0.05, 0) is 77.0 Å². The number of carbonyl (C=O) groups is 1. The summed E-state index contributed by atoms with van der Waals surface area (Å²) in [7, 11) is 1.60. The summed E-state index contributed by atoms with van der Waals surface area (Å²) < 4.78 is 23.7. The molecule has 0 bridgehead atoms. The van der Waals surface area contributed by atoms with Crippen molar-refractivity contribution < 1.29 is 32.9 Å². The Morgan fingerprint density at radius 3 is 1.28 bits per heavy atom. The van der Waals surface area contributed by atoms with Gasteiger partial charge in [-0.25, -0.2) is 4.57 Å². The van der Waals surface area contributed by atoms with Gasteiger partial charge in [0.1, 0.15) is 13.2 Å².